The van der Waals surface area contributed by atoms with Gasteiger partial charge in [0.1, 0.15) is 0 Å². The van der Waals surface area contributed by atoms with E-state index in [9.17, 15) is 4.79 Å². The third-order valence-corrected chi connectivity index (χ3v) is 7.77. The van der Waals surface area contributed by atoms with Gasteiger partial charge < -0.3 is 0 Å². The van der Waals surface area contributed by atoms with Gasteiger partial charge in [-0.25, -0.2) is 14.4 Å². The molecule has 2 heterocycles. The van der Waals surface area contributed by atoms with Crippen molar-refractivity contribution in [2.24, 2.45) is 17.1 Å². The summed E-state index contributed by atoms with van der Waals surface area (Å²) in [5, 5.41) is 7.18. The van der Waals surface area contributed by atoms with Gasteiger partial charge in [-0.2, -0.15) is 5.10 Å². The lowest BCUT2D eigenvalue weighted by Crippen LogP contribution is -2.20. The Balaban J connectivity index is 1.70. The van der Waals surface area contributed by atoms with E-state index in [1.54, 1.807) is 4.68 Å². The lowest BCUT2D eigenvalue weighted by atomic mass is 10.2. The van der Waals surface area contributed by atoms with Crippen molar-refractivity contribution in [1.82, 2.24) is 14.0 Å². The molecule has 4 aromatic rings. The number of hydrogen-bond donors (Lipinski definition) is 0. The maximum absolute atomic E-state index is 13.5. The monoisotopic (exact) mass is 549 g/mol. The lowest BCUT2D eigenvalue weighted by molar-refractivity contribution is 0.630. The van der Waals surface area contributed by atoms with Crippen molar-refractivity contribution in [2.75, 3.05) is 0 Å². The number of thiazole rings is 1. The topological polar surface area (TPSA) is 56.6 Å². The normalized spacial score (nSPS) is 14.8. The van der Waals surface area contributed by atoms with Gasteiger partial charge in [0.25, 0.3) is 5.56 Å². The maximum atomic E-state index is 13.5. The highest BCUT2D eigenvalue weighted by Crippen LogP contribution is 2.25. The van der Waals surface area contributed by atoms with E-state index < -0.39 is 0 Å². The van der Waals surface area contributed by atoms with Crippen LogP contribution < -0.4 is 10.4 Å². The van der Waals surface area contributed by atoms with Crippen LogP contribution in [0.25, 0.3) is 16.9 Å². The molecule has 0 N–H and O–H groups in total. The zero-order valence-corrected chi connectivity index (χ0v) is 22.3. The molecule has 1 aliphatic rings. The van der Waals surface area contributed by atoms with Gasteiger partial charge in [-0.1, -0.05) is 59.1 Å². The van der Waals surface area contributed by atoms with Crippen molar-refractivity contribution < 1.29 is 0 Å². The minimum absolute atomic E-state index is 0.137. The molecular formula is C27H28BrN5OS. The van der Waals surface area contributed by atoms with E-state index in [4.69, 9.17) is 10.1 Å². The maximum Gasteiger partial charge on any atom is 0.297 e. The highest BCUT2D eigenvalue weighted by atomic mass is 79.9. The predicted molar refractivity (Wildman–Crippen MR) is 147 cm³/mol. The van der Waals surface area contributed by atoms with Gasteiger partial charge in [0, 0.05) is 28.2 Å². The van der Waals surface area contributed by atoms with E-state index in [1.807, 2.05) is 65.8 Å². The molecule has 2 aromatic heterocycles. The molecule has 5 rings (SSSR count). The second-order valence-corrected chi connectivity index (χ2v) is 10.6. The Bertz CT molecular complexity index is 1500. The molecule has 8 heteroatoms. The first-order valence-corrected chi connectivity index (χ1v) is 13.6. The quantitative estimate of drug-likeness (QED) is 0.265. The summed E-state index contributed by atoms with van der Waals surface area (Å²) in [6.45, 7) is 1.93. The number of benzene rings is 2. The van der Waals surface area contributed by atoms with Crippen molar-refractivity contribution in [3.63, 3.8) is 0 Å². The molecule has 0 saturated heterocycles. The van der Waals surface area contributed by atoms with Crippen LogP contribution in [0, 0.1) is 6.92 Å². The molecule has 2 aromatic carbocycles. The molecule has 35 heavy (non-hydrogen) atoms. The molecule has 0 spiro atoms. The zero-order chi connectivity index (χ0) is 24.4. The fraction of sp³-hybridized carbons (Fsp3) is 0.296. The smallest absolute Gasteiger partial charge is 0.283 e. The van der Waals surface area contributed by atoms with Crippen molar-refractivity contribution in [3.05, 3.63) is 85.3 Å². The number of para-hydroxylation sites is 1. The van der Waals surface area contributed by atoms with E-state index in [2.05, 4.69) is 33.4 Å². The van der Waals surface area contributed by atoms with Crippen molar-refractivity contribution in [2.45, 2.75) is 45.4 Å². The second kappa shape index (κ2) is 10.3. The van der Waals surface area contributed by atoms with E-state index in [0.29, 0.717) is 10.5 Å². The molecule has 0 atom stereocenters. The summed E-state index contributed by atoms with van der Waals surface area (Å²) in [5.41, 5.74) is 5.16. The predicted octanol–water partition coefficient (Wildman–Crippen LogP) is 6.57. The first-order chi connectivity index (χ1) is 17.0. The molecule has 0 aliphatic heterocycles. The van der Waals surface area contributed by atoms with Gasteiger partial charge in [-0.05, 0) is 56.9 Å². The van der Waals surface area contributed by atoms with E-state index in [-0.39, 0.29) is 5.56 Å². The number of nitrogens with zero attached hydrogens (tertiary/aromatic N) is 5. The summed E-state index contributed by atoms with van der Waals surface area (Å²) in [5.74, 6) is 0. The van der Waals surface area contributed by atoms with Gasteiger partial charge >= 0.3 is 0 Å². The Morgan fingerprint density at radius 3 is 2.43 bits per heavy atom. The van der Waals surface area contributed by atoms with Crippen LogP contribution in [-0.4, -0.2) is 19.8 Å². The summed E-state index contributed by atoms with van der Waals surface area (Å²) >= 11 is 5.10. The molecule has 0 bridgehead atoms. The molecule has 1 aliphatic carbocycles. The average Bonchev–Trinajstić information content (AvgIpc) is 3.19. The molecule has 1 fully saturated rings. The largest absolute Gasteiger partial charge is 0.297 e. The molecule has 6 nitrogen and oxygen atoms in total. The van der Waals surface area contributed by atoms with Crippen LogP contribution in [-0.2, 0) is 7.05 Å². The van der Waals surface area contributed by atoms with Gasteiger partial charge in [0.05, 0.1) is 17.1 Å². The zero-order valence-electron chi connectivity index (χ0n) is 19.9. The van der Waals surface area contributed by atoms with Crippen molar-refractivity contribution >= 4 is 38.7 Å². The number of aromatic nitrogens is 3. The fourth-order valence-corrected chi connectivity index (χ4v) is 5.71. The van der Waals surface area contributed by atoms with Gasteiger partial charge in [0.2, 0.25) is 4.80 Å². The van der Waals surface area contributed by atoms with E-state index >= 15 is 0 Å². The summed E-state index contributed by atoms with van der Waals surface area (Å²) in [6.07, 6.45) is 6.86. The molecule has 0 unspecified atom stereocenters. The Labute approximate surface area is 217 Å². The second-order valence-electron chi connectivity index (χ2n) is 8.83. The lowest BCUT2D eigenvalue weighted by Gasteiger charge is -2.07. The minimum atomic E-state index is -0.137. The van der Waals surface area contributed by atoms with Gasteiger partial charge in [0.15, 0.2) is 5.69 Å². The highest BCUT2D eigenvalue weighted by Gasteiger charge is 2.17. The molecule has 1 saturated carbocycles. The van der Waals surface area contributed by atoms with Crippen LogP contribution in [0.4, 0.5) is 5.69 Å². The summed E-state index contributed by atoms with van der Waals surface area (Å²) in [6, 6.07) is 17.9. The summed E-state index contributed by atoms with van der Waals surface area (Å²) in [4.78, 5) is 19.1. The minimum Gasteiger partial charge on any atom is -0.283 e. The van der Waals surface area contributed by atoms with Crippen LogP contribution >= 0.6 is 27.3 Å². The van der Waals surface area contributed by atoms with Crippen molar-refractivity contribution in [1.29, 1.82) is 0 Å². The first-order valence-electron chi connectivity index (χ1n) is 11.9. The third kappa shape index (κ3) is 4.90. The molecule has 0 amide bonds. The first kappa shape index (κ1) is 23.8. The van der Waals surface area contributed by atoms with Crippen LogP contribution in [0.15, 0.2) is 79.3 Å². The molecule has 180 valence electrons. The number of rotatable bonds is 4. The van der Waals surface area contributed by atoms with Crippen molar-refractivity contribution in [3.8, 4) is 16.9 Å². The van der Waals surface area contributed by atoms with Crippen LogP contribution in [0.2, 0.25) is 0 Å². The summed E-state index contributed by atoms with van der Waals surface area (Å²) in [7, 11) is 1.89. The van der Waals surface area contributed by atoms with Crippen LogP contribution in [0.3, 0.4) is 0 Å². The van der Waals surface area contributed by atoms with Crippen LogP contribution in [0.5, 0.6) is 0 Å². The Morgan fingerprint density at radius 2 is 1.71 bits per heavy atom. The Morgan fingerprint density at radius 1 is 0.971 bits per heavy atom. The van der Waals surface area contributed by atoms with E-state index in [1.165, 1.54) is 42.7 Å². The van der Waals surface area contributed by atoms with Gasteiger partial charge in [-0.3, -0.25) is 9.48 Å². The SMILES string of the molecule is Cc1c(N=c2scc(-c3cccc(Br)c3)n2N=C2CCCCCC2)c(=O)n(-c2ccccc2)n1C. The molecule has 0 radical (unpaired) electrons. The van der Waals surface area contributed by atoms with Gasteiger partial charge in [-0.15, -0.1) is 11.3 Å². The fourth-order valence-electron chi connectivity index (χ4n) is 4.48. The third-order valence-electron chi connectivity index (χ3n) is 6.46. The molecular weight excluding hydrogens is 522 g/mol. The number of hydrogen-bond acceptors (Lipinski definition) is 4. The summed E-state index contributed by atoms with van der Waals surface area (Å²) < 4.78 is 6.48. The van der Waals surface area contributed by atoms with Crippen LogP contribution in [0.1, 0.15) is 44.2 Å². The Kier molecular flexibility index (Phi) is 7.02. The average molecular weight is 551 g/mol. The Hall–Kier alpha value is -2.97. The highest BCUT2D eigenvalue weighted by molar-refractivity contribution is 9.10. The number of halogens is 1. The standard InChI is InChI=1S/C27H28BrN5OS/c1-19-25(26(34)33(31(19)2)23-15-8-5-9-16-23)29-27-32(30-22-13-6-3-4-7-14-22)24(18-35-27)20-11-10-12-21(28)17-20/h5,8-12,15-18H,3-4,6-7,13-14H2,1-2H3. The van der Waals surface area contributed by atoms with E-state index in [0.717, 1.165) is 40.0 Å².